The number of ether oxygens (including phenoxy) is 1. The maximum Gasteiger partial charge on any atom is 0.416 e. The third-order valence-corrected chi connectivity index (χ3v) is 5.25. The van der Waals surface area contributed by atoms with Gasteiger partial charge < -0.3 is 19.9 Å². The number of carbonyl (C=O) groups is 2. The van der Waals surface area contributed by atoms with Crippen LogP contribution in [-0.4, -0.2) is 21.6 Å². The molecule has 2 N–H and O–H groups in total. The van der Waals surface area contributed by atoms with E-state index in [0.29, 0.717) is 22.5 Å². The van der Waals surface area contributed by atoms with Gasteiger partial charge in [-0.25, -0.2) is 4.79 Å². The average Bonchev–Trinajstić information content (AvgIpc) is 3.21. The third-order valence-electron chi connectivity index (χ3n) is 5.25. The van der Waals surface area contributed by atoms with Crippen LogP contribution in [-0.2, 0) is 19.8 Å². The summed E-state index contributed by atoms with van der Waals surface area (Å²) < 4.78 is 45.5. The van der Waals surface area contributed by atoms with Crippen molar-refractivity contribution < 1.29 is 27.5 Å². The molecule has 0 spiro atoms. The van der Waals surface area contributed by atoms with Crippen molar-refractivity contribution >= 4 is 17.7 Å². The van der Waals surface area contributed by atoms with Crippen LogP contribution in [0.1, 0.15) is 21.6 Å². The Morgan fingerprint density at radius 2 is 1.72 bits per heavy atom. The number of hydrogen-bond donors (Lipinski definition) is 2. The number of pyridine rings is 1. The van der Waals surface area contributed by atoms with Crippen molar-refractivity contribution in [2.75, 3.05) is 5.32 Å². The summed E-state index contributed by atoms with van der Waals surface area (Å²) in [4.78, 5) is 29.3. The zero-order chi connectivity index (χ0) is 25.7. The Labute approximate surface area is 204 Å². The lowest BCUT2D eigenvalue weighted by Crippen LogP contribution is -2.27. The predicted molar refractivity (Wildman–Crippen MR) is 127 cm³/mol. The molecular weight excluding hydrogens is 473 g/mol. The van der Waals surface area contributed by atoms with Gasteiger partial charge >= 0.3 is 12.3 Å². The second-order valence-electron chi connectivity index (χ2n) is 7.82. The third kappa shape index (κ3) is 5.90. The van der Waals surface area contributed by atoms with Gasteiger partial charge in [-0.2, -0.15) is 13.2 Å². The van der Waals surface area contributed by atoms with Gasteiger partial charge in [0.25, 0.3) is 5.91 Å². The number of halogens is 3. The number of carbonyl (C=O) groups excluding carboxylic acids is 2. The first-order chi connectivity index (χ1) is 17.2. The molecular formula is C26H21F3N4O3. The zero-order valence-electron chi connectivity index (χ0n) is 19.0. The number of rotatable bonds is 6. The molecule has 0 aliphatic heterocycles. The van der Waals surface area contributed by atoms with Crippen LogP contribution >= 0.6 is 0 Å². The number of benzene rings is 2. The van der Waals surface area contributed by atoms with Crippen LogP contribution in [0.3, 0.4) is 0 Å². The highest BCUT2D eigenvalue weighted by Crippen LogP contribution is 2.32. The largest absolute Gasteiger partial charge is 0.416 e. The Bertz CT molecular complexity index is 1370. The topological polar surface area (TPSA) is 85.2 Å². The fourth-order valence-corrected chi connectivity index (χ4v) is 3.48. The Balaban J connectivity index is 1.44. The predicted octanol–water partition coefficient (Wildman–Crippen LogP) is 5.65. The summed E-state index contributed by atoms with van der Waals surface area (Å²) in [5.74, 6) is -0.276. The van der Waals surface area contributed by atoms with Crippen molar-refractivity contribution in [3.63, 3.8) is 0 Å². The van der Waals surface area contributed by atoms with Crippen LogP contribution in [0.15, 0.2) is 85.2 Å². The molecule has 4 rings (SSSR count). The highest BCUT2D eigenvalue weighted by molar-refractivity contribution is 6.08. The molecule has 0 atom stereocenters. The van der Waals surface area contributed by atoms with E-state index in [-0.39, 0.29) is 18.0 Å². The molecule has 0 bridgehead atoms. The summed E-state index contributed by atoms with van der Waals surface area (Å²) >= 11 is 0. The second-order valence-corrected chi connectivity index (χ2v) is 7.82. The van der Waals surface area contributed by atoms with Crippen LogP contribution in [0.2, 0.25) is 0 Å². The summed E-state index contributed by atoms with van der Waals surface area (Å²) in [7, 11) is 1.65. The van der Waals surface area contributed by atoms with Crippen molar-refractivity contribution in [1.29, 1.82) is 0 Å². The first-order valence-corrected chi connectivity index (χ1v) is 10.8. The van der Waals surface area contributed by atoms with Crippen LogP contribution in [0.4, 0.5) is 23.7 Å². The molecule has 0 unspecified atom stereocenters. The molecule has 2 aromatic carbocycles. The minimum absolute atomic E-state index is 0.189. The number of aromatic nitrogens is 2. The molecule has 2 heterocycles. The van der Waals surface area contributed by atoms with E-state index < -0.39 is 23.7 Å². The molecule has 0 saturated carbocycles. The number of alkyl halides is 3. The van der Waals surface area contributed by atoms with Crippen LogP contribution in [0.25, 0.3) is 11.1 Å². The quantitative estimate of drug-likeness (QED) is 0.363. The van der Waals surface area contributed by atoms with E-state index in [4.69, 9.17) is 4.74 Å². The monoisotopic (exact) mass is 494 g/mol. The second kappa shape index (κ2) is 10.3. The molecule has 184 valence electrons. The van der Waals surface area contributed by atoms with Gasteiger partial charge in [0.1, 0.15) is 0 Å². The molecule has 36 heavy (non-hydrogen) atoms. The van der Waals surface area contributed by atoms with Crippen molar-refractivity contribution in [2.24, 2.45) is 7.05 Å². The first kappa shape index (κ1) is 24.5. The van der Waals surface area contributed by atoms with Crippen LogP contribution in [0.5, 0.6) is 5.88 Å². The van der Waals surface area contributed by atoms with Crippen molar-refractivity contribution in [1.82, 2.24) is 14.9 Å². The van der Waals surface area contributed by atoms with Gasteiger partial charge in [-0.1, -0.05) is 36.4 Å². The number of nitrogens with zero attached hydrogens (tertiary/aromatic N) is 2. The molecule has 2 aromatic heterocycles. The van der Waals surface area contributed by atoms with Crippen LogP contribution in [0, 0.1) is 0 Å². The van der Waals surface area contributed by atoms with Gasteiger partial charge in [0.15, 0.2) is 0 Å². The molecule has 0 radical (unpaired) electrons. The Kier molecular flexibility index (Phi) is 7.05. The summed E-state index contributed by atoms with van der Waals surface area (Å²) in [5, 5.41) is 5.33. The lowest BCUT2D eigenvalue weighted by molar-refractivity contribution is -0.137. The first-order valence-electron chi connectivity index (χ1n) is 10.8. The standard InChI is InChI=1S/C26H21F3N4O3/c1-33-16-20(14-23(33)36-25(35)31-15-19-6-4-5-13-30-19)32-24(34)22-8-3-2-7-21(22)17-9-11-18(12-10-17)26(27,28)29/h2-14,16H,15H2,1H3,(H,31,35)(H,32,34). The van der Waals surface area contributed by atoms with Crippen molar-refractivity contribution in [2.45, 2.75) is 12.7 Å². The molecule has 0 aliphatic rings. The van der Waals surface area contributed by atoms with E-state index in [9.17, 15) is 22.8 Å². The summed E-state index contributed by atoms with van der Waals surface area (Å²) in [6.07, 6.45) is -1.95. The van der Waals surface area contributed by atoms with Crippen molar-refractivity contribution in [3.8, 4) is 17.0 Å². The average molecular weight is 494 g/mol. The van der Waals surface area contributed by atoms with E-state index in [2.05, 4.69) is 15.6 Å². The number of amides is 2. The molecule has 0 fully saturated rings. The minimum atomic E-state index is -4.45. The van der Waals surface area contributed by atoms with E-state index in [1.54, 1.807) is 61.9 Å². The van der Waals surface area contributed by atoms with E-state index in [1.807, 2.05) is 0 Å². The number of nitrogens with one attached hydrogen (secondary N) is 2. The maximum atomic E-state index is 13.0. The summed E-state index contributed by atoms with van der Waals surface area (Å²) in [5.41, 5.74) is 1.49. The van der Waals surface area contributed by atoms with Gasteiger partial charge in [0, 0.05) is 31.1 Å². The van der Waals surface area contributed by atoms with Gasteiger partial charge in [-0.15, -0.1) is 0 Å². The SMILES string of the molecule is Cn1cc(NC(=O)c2ccccc2-c2ccc(C(F)(F)F)cc2)cc1OC(=O)NCc1ccccn1. The minimum Gasteiger partial charge on any atom is -0.393 e. The highest BCUT2D eigenvalue weighted by atomic mass is 19.4. The normalized spacial score (nSPS) is 11.1. The van der Waals surface area contributed by atoms with E-state index in [1.165, 1.54) is 22.8 Å². The Hall–Kier alpha value is -4.60. The maximum absolute atomic E-state index is 13.0. The van der Waals surface area contributed by atoms with Crippen LogP contribution < -0.4 is 15.4 Å². The summed E-state index contributed by atoms with van der Waals surface area (Å²) in [6, 6.07) is 18.0. The lowest BCUT2D eigenvalue weighted by Gasteiger charge is -2.11. The highest BCUT2D eigenvalue weighted by Gasteiger charge is 2.30. The van der Waals surface area contributed by atoms with Crippen molar-refractivity contribution in [3.05, 3.63) is 102 Å². The fourth-order valence-electron chi connectivity index (χ4n) is 3.48. The number of aryl methyl sites for hydroxylation is 1. The number of hydrogen-bond acceptors (Lipinski definition) is 4. The molecule has 0 aliphatic carbocycles. The molecule has 0 saturated heterocycles. The Morgan fingerprint density at radius 3 is 2.42 bits per heavy atom. The lowest BCUT2D eigenvalue weighted by atomic mass is 9.98. The fraction of sp³-hybridized carbons (Fsp3) is 0.115. The smallest absolute Gasteiger partial charge is 0.393 e. The zero-order valence-corrected chi connectivity index (χ0v) is 19.0. The number of anilines is 1. The van der Waals surface area contributed by atoms with Gasteiger partial charge in [-0.3, -0.25) is 9.78 Å². The molecule has 10 heteroatoms. The Morgan fingerprint density at radius 1 is 1.00 bits per heavy atom. The molecule has 2 amide bonds. The van der Waals surface area contributed by atoms with Gasteiger partial charge in [-0.05, 0) is 41.5 Å². The molecule has 4 aromatic rings. The van der Waals surface area contributed by atoms with E-state index >= 15 is 0 Å². The van der Waals surface area contributed by atoms with Gasteiger partial charge in [0.05, 0.1) is 23.5 Å². The molecule has 7 nitrogen and oxygen atoms in total. The van der Waals surface area contributed by atoms with Gasteiger partial charge in [0.2, 0.25) is 5.88 Å². The van der Waals surface area contributed by atoms with E-state index in [0.717, 1.165) is 12.1 Å². The summed E-state index contributed by atoms with van der Waals surface area (Å²) in [6.45, 7) is 0.189.